The number of carbonyl (C=O) groups excluding carboxylic acids is 1. The molecule has 2 heterocycles. The highest BCUT2D eigenvalue weighted by molar-refractivity contribution is 7.15. The first-order chi connectivity index (χ1) is 10.4. The minimum Gasteiger partial charge on any atom is -0.346 e. The summed E-state index contributed by atoms with van der Waals surface area (Å²) in [5.74, 6) is -0.440. The Balaban J connectivity index is 1.65. The van der Waals surface area contributed by atoms with E-state index in [1.807, 2.05) is 16.0 Å². The molecular weight excluding hydrogens is 315 g/mol. The summed E-state index contributed by atoms with van der Waals surface area (Å²) >= 11 is 1.48. The van der Waals surface area contributed by atoms with Crippen molar-refractivity contribution in [2.24, 2.45) is 0 Å². The van der Waals surface area contributed by atoms with Crippen LogP contribution >= 0.6 is 11.3 Å². The zero-order valence-electron chi connectivity index (χ0n) is 11.1. The molecule has 0 saturated carbocycles. The maximum Gasteiger partial charge on any atom is 0.416 e. The van der Waals surface area contributed by atoms with E-state index in [1.165, 1.54) is 11.3 Å². The standard InChI is InChI=1S/C14H10F3N3OS/c15-14(16,17)10-3-1-9(2-4-10)12(21)18-7-11-8-20-5-6-22-13(20)19-11/h1-6,8H,7H2,(H,18,21). The van der Waals surface area contributed by atoms with E-state index in [9.17, 15) is 18.0 Å². The molecule has 1 N–H and O–H groups in total. The van der Waals surface area contributed by atoms with Gasteiger partial charge in [0.15, 0.2) is 4.96 Å². The number of benzene rings is 1. The summed E-state index contributed by atoms with van der Waals surface area (Å²) in [4.78, 5) is 17.0. The molecule has 0 bridgehead atoms. The van der Waals surface area contributed by atoms with E-state index in [4.69, 9.17) is 0 Å². The van der Waals surface area contributed by atoms with Crippen molar-refractivity contribution in [3.8, 4) is 0 Å². The maximum atomic E-state index is 12.5. The fraction of sp³-hybridized carbons (Fsp3) is 0.143. The highest BCUT2D eigenvalue weighted by atomic mass is 32.1. The second-order valence-corrected chi connectivity index (χ2v) is 5.46. The first kappa shape index (κ1) is 14.6. The van der Waals surface area contributed by atoms with Crippen LogP contribution in [0.15, 0.2) is 42.0 Å². The van der Waals surface area contributed by atoms with Crippen molar-refractivity contribution in [1.29, 1.82) is 0 Å². The SMILES string of the molecule is O=C(NCc1cn2ccsc2n1)c1ccc(C(F)(F)F)cc1. The van der Waals surface area contributed by atoms with Crippen LogP contribution in [-0.2, 0) is 12.7 Å². The number of aromatic nitrogens is 2. The number of carbonyl (C=O) groups is 1. The Kier molecular flexibility index (Phi) is 3.61. The third kappa shape index (κ3) is 2.96. The van der Waals surface area contributed by atoms with Gasteiger partial charge < -0.3 is 5.32 Å². The maximum absolute atomic E-state index is 12.5. The predicted molar refractivity (Wildman–Crippen MR) is 75.7 cm³/mol. The fourth-order valence-electron chi connectivity index (χ4n) is 1.94. The number of fused-ring (bicyclic) bond motifs is 1. The largest absolute Gasteiger partial charge is 0.416 e. The highest BCUT2D eigenvalue weighted by Gasteiger charge is 2.30. The quantitative estimate of drug-likeness (QED) is 0.803. The van der Waals surface area contributed by atoms with Crippen LogP contribution in [0.3, 0.4) is 0 Å². The first-order valence-corrected chi connectivity index (χ1v) is 7.18. The Hall–Kier alpha value is -2.35. The zero-order chi connectivity index (χ0) is 15.7. The van der Waals surface area contributed by atoms with Crippen LogP contribution in [0, 0.1) is 0 Å². The van der Waals surface area contributed by atoms with Gasteiger partial charge in [0, 0.05) is 23.3 Å². The van der Waals surface area contributed by atoms with E-state index in [0.29, 0.717) is 5.69 Å². The Morgan fingerprint density at radius 1 is 1.27 bits per heavy atom. The van der Waals surface area contributed by atoms with Gasteiger partial charge in [0.05, 0.1) is 17.8 Å². The third-order valence-corrected chi connectivity index (χ3v) is 3.82. The lowest BCUT2D eigenvalue weighted by atomic mass is 10.1. The van der Waals surface area contributed by atoms with E-state index >= 15 is 0 Å². The molecule has 0 radical (unpaired) electrons. The molecule has 0 atom stereocenters. The summed E-state index contributed by atoms with van der Waals surface area (Å²) in [6, 6.07) is 4.09. The summed E-state index contributed by atoms with van der Waals surface area (Å²) in [5.41, 5.74) is 0.0829. The zero-order valence-corrected chi connectivity index (χ0v) is 11.9. The Labute approximate surface area is 127 Å². The van der Waals surface area contributed by atoms with Crippen LogP contribution < -0.4 is 5.32 Å². The average molecular weight is 325 g/mol. The van der Waals surface area contributed by atoms with Gasteiger partial charge in [0.1, 0.15) is 0 Å². The van der Waals surface area contributed by atoms with E-state index in [-0.39, 0.29) is 12.1 Å². The monoisotopic (exact) mass is 325 g/mol. The van der Waals surface area contributed by atoms with Gasteiger partial charge in [0.25, 0.3) is 5.91 Å². The smallest absolute Gasteiger partial charge is 0.346 e. The number of alkyl halides is 3. The number of nitrogens with one attached hydrogen (secondary N) is 1. The van der Waals surface area contributed by atoms with Gasteiger partial charge in [-0.15, -0.1) is 11.3 Å². The summed E-state index contributed by atoms with van der Waals surface area (Å²) in [6.07, 6.45) is -0.760. The van der Waals surface area contributed by atoms with Crippen LogP contribution in [0.25, 0.3) is 4.96 Å². The van der Waals surface area contributed by atoms with Gasteiger partial charge in [-0.25, -0.2) is 4.98 Å². The van der Waals surface area contributed by atoms with E-state index < -0.39 is 17.6 Å². The van der Waals surface area contributed by atoms with E-state index in [1.54, 1.807) is 6.20 Å². The number of hydrogen-bond acceptors (Lipinski definition) is 3. The predicted octanol–water partition coefficient (Wildman–Crippen LogP) is 3.34. The lowest BCUT2D eigenvalue weighted by Gasteiger charge is -2.07. The van der Waals surface area contributed by atoms with Gasteiger partial charge in [-0.3, -0.25) is 9.20 Å². The third-order valence-electron chi connectivity index (χ3n) is 3.05. The van der Waals surface area contributed by atoms with Crippen LogP contribution in [0.2, 0.25) is 0 Å². The molecule has 114 valence electrons. The van der Waals surface area contributed by atoms with Gasteiger partial charge in [0.2, 0.25) is 0 Å². The first-order valence-electron chi connectivity index (χ1n) is 6.30. The number of imidazole rings is 1. The van der Waals surface area contributed by atoms with Gasteiger partial charge in [-0.2, -0.15) is 13.2 Å². The molecule has 0 unspecified atom stereocenters. The van der Waals surface area contributed by atoms with Crippen molar-refractivity contribution >= 4 is 22.2 Å². The Morgan fingerprint density at radius 2 is 2.00 bits per heavy atom. The summed E-state index contributed by atoms with van der Waals surface area (Å²) in [5, 5.41) is 4.53. The molecule has 2 aromatic heterocycles. The van der Waals surface area contributed by atoms with E-state index in [2.05, 4.69) is 10.3 Å². The minimum atomic E-state index is -4.41. The molecule has 22 heavy (non-hydrogen) atoms. The molecule has 3 rings (SSSR count). The molecule has 8 heteroatoms. The fourth-order valence-corrected chi connectivity index (χ4v) is 2.66. The second-order valence-electron chi connectivity index (χ2n) is 4.58. The van der Waals surface area contributed by atoms with Gasteiger partial charge in [-0.1, -0.05) is 0 Å². The number of halogens is 3. The lowest BCUT2D eigenvalue weighted by molar-refractivity contribution is -0.137. The average Bonchev–Trinajstić information content (AvgIpc) is 3.05. The lowest BCUT2D eigenvalue weighted by Crippen LogP contribution is -2.23. The van der Waals surface area contributed by atoms with Gasteiger partial charge >= 0.3 is 6.18 Å². The van der Waals surface area contributed by atoms with Crippen molar-refractivity contribution < 1.29 is 18.0 Å². The van der Waals surface area contributed by atoms with Crippen LogP contribution in [0.4, 0.5) is 13.2 Å². The number of amides is 1. The minimum absolute atomic E-state index is 0.175. The molecule has 4 nitrogen and oxygen atoms in total. The topological polar surface area (TPSA) is 46.4 Å². The van der Waals surface area contributed by atoms with Crippen LogP contribution in [0.1, 0.15) is 21.6 Å². The van der Waals surface area contributed by atoms with Crippen molar-refractivity contribution in [1.82, 2.24) is 14.7 Å². The number of thiazole rings is 1. The number of hydrogen-bond donors (Lipinski definition) is 1. The molecule has 0 aliphatic rings. The molecule has 0 spiro atoms. The van der Waals surface area contributed by atoms with Gasteiger partial charge in [-0.05, 0) is 24.3 Å². The van der Waals surface area contributed by atoms with E-state index in [0.717, 1.165) is 29.2 Å². The second kappa shape index (κ2) is 5.45. The van der Waals surface area contributed by atoms with Crippen molar-refractivity contribution in [3.05, 3.63) is 58.9 Å². The Bertz CT molecular complexity index is 776. The normalized spacial score (nSPS) is 11.8. The Morgan fingerprint density at radius 3 is 2.64 bits per heavy atom. The molecule has 0 aliphatic heterocycles. The molecule has 1 aromatic carbocycles. The molecule has 0 saturated heterocycles. The molecular formula is C14H10F3N3OS. The number of rotatable bonds is 3. The molecule has 0 fully saturated rings. The highest BCUT2D eigenvalue weighted by Crippen LogP contribution is 2.29. The molecule has 3 aromatic rings. The summed E-state index contributed by atoms with van der Waals surface area (Å²) in [7, 11) is 0. The van der Waals surface area contributed by atoms with Crippen LogP contribution in [0.5, 0.6) is 0 Å². The molecule has 1 amide bonds. The molecule has 0 aliphatic carbocycles. The summed E-state index contributed by atoms with van der Waals surface area (Å²) < 4.78 is 39.2. The summed E-state index contributed by atoms with van der Waals surface area (Å²) in [6.45, 7) is 0.217. The van der Waals surface area contributed by atoms with Crippen molar-refractivity contribution in [2.75, 3.05) is 0 Å². The van der Waals surface area contributed by atoms with Crippen molar-refractivity contribution in [2.45, 2.75) is 12.7 Å². The van der Waals surface area contributed by atoms with Crippen LogP contribution in [-0.4, -0.2) is 15.3 Å². The van der Waals surface area contributed by atoms with Crippen molar-refractivity contribution in [3.63, 3.8) is 0 Å². The number of nitrogens with zero attached hydrogens (tertiary/aromatic N) is 2.